The van der Waals surface area contributed by atoms with Crippen molar-refractivity contribution in [2.24, 2.45) is 0 Å². The third kappa shape index (κ3) is 3.56. The third-order valence-electron chi connectivity index (χ3n) is 3.80. The van der Waals surface area contributed by atoms with E-state index in [-0.39, 0.29) is 24.8 Å². The molecule has 0 atom stereocenters. The molecule has 116 valence electrons. The van der Waals surface area contributed by atoms with E-state index in [0.717, 1.165) is 25.3 Å². The van der Waals surface area contributed by atoms with Crippen LogP contribution in [-0.2, 0) is 6.18 Å². The Bertz CT molecular complexity index is 498. The average Bonchev–Trinajstić information content (AvgIpc) is 2.39. The number of carbonyl (C=O) groups is 1. The zero-order valence-corrected chi connectivity index (χ0v) is 11.6. The molecule has 1 aromatic carbocycles. The molecule has 2 rings (SSSR count). The largest absolute Gasteiger partial charge is 0.417 e. The first kappa shape index (κ1) is 15.8. The van der Waals surface area contributed by atoms with Crippen molar-refractivity contribution in [3.8, 4) is 0 Å². The molecule has 3 nitrogen and oxygen atoms in total. The van der Waals surface area contributed by atoms with Crippen LogP contribution in [0.4, 0.5) is 13.2 Å². The van der Waals surface area contributed by atoms with E-state index in [2.05, 4.69) is 0 Å². The van der Waals surface area contributed by atoms with Crippen LogP contribution in [0.1, 0.15) is 41.6 Å². The number of nitrogens with zero attached hydrogens (tertiary/aromatic N) is 1. The summed E-state index contributed by atoms with van der Waals surface area (Å²) in [7, 11) is 0. The van der Waals surface area contributed by atoms with Crippen molar-refractivity contribution in [1.82, 2.24) is 4.90 Å². The minimum absolute atomic E-state index is 0.00894. The predicted molar refractivity (Wildman–Crippen MR) is 71.8 cm³/mol. The predicted octanol–water partition coefficient (Wildman–Crippen LogP) is 3.08. The Morgan fingerprint density at radius 2 is 1.95 bits per heavy atom. The van der Waals surface area contributed by atoms with Gasteiger partial charge in [0, 0.05) is 19.2 Å². The first-order chi connectivity index (χ1) is 9.95. The fourth-order valence-electron chi connectivity index (χ4n) is 2.46. The lowest BCUT2D eigenvalue weighted by atomic mass is 9.90. The van der Waals surface area contributed by atoms with Crippen molar-refractivity contribution in [3.63, 3.8) is 0 Å². The summed E-state index contributed by atoms with van der Waals surface area (Å²) in [5.74, 6) is -0.596. The standard InChI is InChI=1S/C15H18F3NO2/c16-15(17,18)13-8-2-1-7-12(13)14(21)19(9-4-10-20)11-5-3-6-11/h1-2,7-8,11,20H,3-6,9-10H2. The maximum absolute atomic E-state index is 13.0. The molecule has 0 aromatic heterocycles. The lowest BCUT2D eigenvalue weighted by Gasteiger charge is -2.38. The molecular weight excluding hydrogens is 283 g/mol. The summed E-state index contributed by atoms with van der Waals surface area (Å²) in [5, 5.41) is 8.91. The minimum atomic E-state index is -4.55. The van der Waals surface area contributed by atoms with Crippen LogP contribution < -0.4 is 0 Å². The van der Waals surface area contributed by atoms with Gasteiger partial charge in [-0.2, -0.15) is 13.2 Å². The van der Waals surface area contributed by atoms with Gasteiger partial charge in [0.05, 0.1) is 11.1 Å². The van der Waals surface area contributed by atoms with Crippen molar-refractivity contribution >= 4 is 5.91 Å². The number of hydrogen-bond donors (Lipinski definition) is 1. The second-order valence-corrected chi connectivity index (χ2v) is 5.20. The van der Waals surface area contributed by atoms with Gasteiger partial charge in [0.2, 0.25) is 0 Å². The van der Waals surface area contributed by atoms with Crippen molar-refractivity contribution in [3.05, 3.63) is 35.4 Å². The van der Waals surface area contributed by atoms with Crippen LogP contribution in [0.5, 0.6) is 0 Å². The minimum Gasteiger partial charge on any atom is -0.396 e. The summed E-state index contributed by atoms with van der Waals surface area (Å²) in [6.07, 6.45) is -1.57. The number of aliphatic hydroxyl groups is 1. The zero-order valence-electron chi connectivity index (χ0n) is 11.6. The molecule has 1 aromatic rings. The van der Waals surface area contributed by atoms with Crippen LogP contribution in [0, 0.1) is 0 Å². The number of rotatable bonds is 5. The highest BCUT2D eigenvalue weighted by Crippen LogP contribution is 2.34. The molecule has 0 aliphatic heterocycles. The van der Waals surface area contributed by atoms with Gasteiger partial charge in [-0.05, 0) is 37.8 Å². The van der Waals surface area contributed by atoms with E-state index in [1.165, 1.54) is 23.1 Å². The molecule has 0 bridgehead atoms. The molecule has 1 aliphatic rings. The maximum atomic E-state index is 13.0. The number of aliphatic hydroxyl groups excluding tert-OH is 1. The van der Waals surface area contributed by atoms with Gasteiger partial charge in [0.1, 0.15) is 0 Å². The number of carbonyl (C=O) groups excluding carboxylic acids is 1. The summed E-state index contributed by atoms with van der Waals surface area (Å²) >= 11 is 0. The van der Waals surface area contributed by atoms with Crippen LogP contribution in [0.2, 0.25) is 0 Å². The molecule has 0 radical (unpaired) electrons. The van der Waals surface area contributed by atoms with Gasteiger partial charge in [0.15, 0.2) is 0 Å². The third-order valence-corrected chi connectivity index (χ3v) is 3.80. The SMILES string of the molecule is O=C(c1ccccc1C(F)(F)F)N(CCCO)C1CCC1. The fourth-order valence-corrected chi connectivity index (χ4v) is 2.46. The number of benzene rings is 1. The van der Waals surface area contributed by atoms with Crippen LogP contribution in [0.15, 0.2) is 24.3 Å². The van der Waals surface area contributed by atoms with Gasteiger partial charge in [-0.25, -0.2) is 0 Å². The Hall–Kier alpha value is -1.56. The molecule has 0 heterocycles. The fraction of sp³-hybridized carbons (Fsp3) is 0.533. The molecule has 1 saturated carbocycles. The summed E-state index contributed by atoms with van der Waals surface area (Å²) in [5.41, 5.74) is -1.21. The van der Waals surface area contributed by atoms with Crippen LogP contribution in [-0.4, -0.2) is 35.1 Å². The quantitative estimate of drug-likeness (QED) is 0.908. The Kier molecular flexibility index (Phi) is 4.88. The topological polar surface area (TPSA) is 40.5 Å². The summed E-state index contributed by atoms with van der Waals surface area (Å²) in [6, 6.07) is 4.85. The number of halogens is 3. The van der Waals surface area contributed by atoms with E-state index in [1.807, 2.05) is 0 Å². The van der Waals surface area contributed by atoms with Crippen molar-refractivity contribution in [2.75, 3.05) is 13.2 Å². The Labute approximate surface area is 121 Å². The molecule has 0 unspecified atom stereocenters. The zero-order chi connectivity index (χ0) is 15.5. The smallest absolute Gasteiger partial charge is 0.396 e. The van der Waals surface area contributed by atoms with E-state index in [1.54, 1.807) is 0 Å². The normalized spacial score (nSPS) is 15.6. The van der Waals surface area contributed by atoms with Crippen LogP contribution in [0.25, 0.3) is 0 Å². The number of hydrogen-bond acceptors (Lipinski definition) is 2. The first-order valence-electron chi connectivity index (χ1n) is 7.03. The molecule has 1 fully saturated rings. The van der Waals surface area contributed by atoms with Gasteiger partial charge in [0.25, 0.3) is 5.91 Å². The highest BCUT2D eigenvalue weighted by atomic mass is 19.4. The molecule has 6 heteroatoms. The lowest BCUT2D eigenvalue weighted by Crippen LogP contribution is -2.45. The average molecular weight is 301 g/mol. The van der Waals surface area contributed by atoms with Gasteiger partial charge in [-0.15, -0.1) is 0 Å². The molecular formula is C15H18F3NO2. The van der Waals surface area contributed by atoms with Gasteiger partial charge in [-0.3, -0.25) is 4.79 Å². The second-order valence-electron chi connectivity index (χ2n) is 5.20. The van der Waals surface area contributed by atoms with E-state index in [4.69, 9.17) is 5.11 Å². The Balaban J connectivity index is 2.28. The van der Waals surface area contributed by atoms with E-state index < -0.39 is 17.6 Å². The van der Waals surface area contributed by atoms with Crippen molar-refractivity contribution < 1.29 is 23.1 Å². The van der Waals surface area contributed by atoms with Gasteiger partial charge >= 0.3 is 6.18 Å². The lowest BCUT2D eigenvalue weighted by molar-refractivity contribution is -0.138. The highest BCUT2D eigenvalue weighted by Gasteiger charge is 2.37. The summed E-state index contributed by atoms with van der Waals surface area (Å²) in [6.45, 7) is 0.198. The van der Waals surface area contributed by atoms with Crippen LogP contribution >= 0.6 is 0 Å². The summed E-state index contributed by atoms with van der Waals surface area (Å²) < 4.78 is 39.0. The molecule has 1 aliphatic carbocycles. The maximum Gasteiger partial charge on any atom is 0.417 e. The van der Waals surface area contributed by atoms with E-state index in [9.17, 15) is 18.0 Å². The molecule has 1 N–H and O–H groups in total. The van der Waals surface area contributed by atoms with Crippen LogP contribution in [0.3, 0.4) is 0 Å². The Morgan fingerprint density at radius 3 is 2.48 bits per heavy atom. The molecule has 0 spiro atoms. The molecule has 0 saturated heterocycles. The highest BCUT2D eigenvalue weighted by molar-refractivity contribution is 5.96. The first-order valence-corrected chi connectivity index (χ1v) is 7.03. The molecule has 1 amide bonds. The van der Waals surface area contributed by atoms with Gasteiger partial charge in [-0.1, -0.05) is 12.1 Å². The van der Waals surface area contributed by atoms with Crippen molar-refractivity contribution in [1.29, 1.82) is 0 Å². The van der Waals surface area contributed by atoms with Gasteiger partial charge < -0.3 is 10.0 Å². The Morgan fingerprint density at radius 1 is 1.29 bits per heavy atom. The monoisotopic (exact) mass is 301 g/mol. The second kappa shape index (κ2) is 6.47. The number of alkyl halides is 3. The van der Waals surface area contributed by atoms with E-state index in [0.29, 0.717) is 6.42 Å². The summed E-state index contributed by atoms with van der Waals surface area (Å²) in [4.78, 5) is 14.0. The van der Waals surface area contributed by atoms with E-state index >= 15 is 0 Å². The number of amides is 1. The van der Waals surface area contributed by atoms with Crippen molar-refractivity contribution in [2.45, 2.75) is 37.9 Å². The molecule has 21 heavy (non-hydrogen) atoms.